The van der Waals surface area contributed by atoms with Crippen LogP contribution in [0.4, 0.5) is 0 Å². The van der Waals surface area contributed by atoms with Crippen molar-refractivity contribution in [3.8, 4) is 11.5 Å². The summed E-state index contributed by atoms with van der Waals surface area (Å²) in [6, 6.07) is 18.2. The van der Waals surface area contributed by atoms with E-state index in [1.54, 1.807) is 24.3 Å². The molecule has 1 aliphatic carbocycles. The molecule has 0 spiro atoms. The molecule has 0 amide bonds. The first-order valence-corrected chi connectivity index (χ1v) is 8.31. The maximum Gasteiger partial charge on any atom is 0.441 e. The molecule has 0 heterocycles. The molecule has 0 radical (unpaired) electrons. The molecule has 0 N–H and O–H groups in total. The molecular formula is C17H15O3P. The van der Waals surface area contributed by atoms with Crippen LogP contribution in [0.1, 0.15) is 0 Å². The maximum absolute atomic E-state index is 13.2. The molecule has 2 aromatic carbocycles. The van der Waals surface area contributed by atoms with Gasteiger partial charge in [-0.25, -0.2) is 4.57 Å². The lowest BCUT2D eigenvalue weighted by Gasteiger charge is -2.23. The Bertz CT molecular complexity index is 635. The minimum Gasteiger partial charge on any atom is -0.415 e. The van der Waals surface area contributed by atoms with Gasteiger partial charge in [0.2, 0.25) is 0 Å². The molecular weight excluding hydrogens is 283 g/mol. The zero-order valence-electron chi connectivity index (χ0n) is 11.3. The van der Waals surface area contributed by atoms with E-state index in [9.17, 15) is 4.57 Å². The average molecular weight is 298 g/mol. The van der Waals surface area contributed by atoms with Crippen molar-refractivity contribution in [2.24, 2.45) is 0 Å². The van der Waals surface area contributed by atoms with Crippen LogP contribution in [-0.4, -0.2) is 5.66 Å². The van der Waals surface area contributed by atoms with Crippen LogP contribution in [0.2, 0.25) is 0 Å². The number of benzene rings is 2. The number of para-hydroxylation sites is 2. The minimum absolute atomic E-state index is 0.377. The second-order valence-electron chi connectivity index (χ2n) is 4.61. The van der Waals surface area contributed by atoms with Gasteiger partial charge in [0, 0.05) is 0 Å². The second-order valence-corrected chi connectivity index (χ2v) is 6.65. The summed E-state index contributed by atoms with van der Waals surface area (Å²) in [6.45, 7) is 0. The number of hydrogen-bond acceptors (Lipinski definition) is 3. The molecule has 21 heavy (non-hydrogen) atoms. The topological polar surface area (TPSA) is 35.5 Å². The Morgan fingerprint density at radius 3 is 1.57 bits per heavy atom. The lowest BCUT2D eigenvalue weighted by molar-refractivity contribution is 0.383. The van der Waals surface area contributed by atoms with Gasteiger partial charge >= 0.3 is 7.60 Å². The lowest BCUT2D eigenvalue weighted by atomic mass is 10.3. The van der Waals surface area contributed by atoms with E-state index < -0.39 is 7.60 Å². The van der Waals surface area contributed by atoms with Gasteiger partial charge in [0.15, 0.2) is 0 Å². The predicted octanol–water partition coefficient (Wildman–Crippen LogP) is 4.83. The maximum atomic E-state index is 13.2. The van der Waals surface area contributed by atoms with E-state index in [-0.39, 0.29) is 5.66 Å². The summed E-state index contributed by atoms with van der Waals surface area (Å²) in [5, 5.41) is 0. The van der Waals surface area contributed by atoms with Crippen LogP contribution in [0, 0.1) is 0 Å². The zero-order chi connectivity index (χ0) is 14.5. The zero-order valence-corrected chi connectivity index (χ0v) is 12.2. The fraction of sp³-hybridized carbons (Fsp3) is 0.0588. The van der Waals surface area contributed by atoms with E-state index >= 15 is 0 Å². The summed E-state index contributed by atoms with van der Waals surface area (Å²) in [7, 11) is -3.38. The van der Waals surface area contributed by atoms with E-state index in [2.05, 4.69) is 0 Å². The van der Waals surface area contributed by atoms with Gasteiger partial charge < -0.3 is 9.05 Å². The normalized spacial score (nSPS) is 14.3. The summed E-state index contributed by atoms with van der Waals surface area (Å²) in [5.41, 5.74) is -0.377. The lowest BCUT2D eigenvalue weighted by Crippen LogP contribution is -2.11. The van der Waals surface area contributed by atoms with E-state index in [1.165, 1.54) is 0 Å². The van der Waals surface area contributed by atoms with Gasteiger partial charge in [-0.2, -0.15) is 0 Å². The molecule has 2 aromatic rings. The molecule has 0 aliphatic heterocycles. The molecule has 0 fully saturated rings. The monoisotopic (exact) mass is 298 g/mol. The molecule has 0 saturated heterocycles. The number of hydrogen-bond donors (Lipinski definition) is 0. The molecule has 0 bridgehead atoms. The molecule has 0 aromatic heterocycles. The second kappa shape index (κ2) is 6.02. The first-order chi connectivity index (χ1) is 10.3. The van der Waals surface area contributed by atoms with E-state index in [0.29, 0.717) is 11.5 Å². The van der Waals surface area contributed by atoms with Crippen molar-refractivity contribution >= 4 is 7.60 Å². The first kappa shape index (κ1) is 13.7. The highest BCUT2D eigenvalue weighted by Gasteiger charge is 2.37. The molecule has 4 heteroatoms. The third-order valence-corrected chi connectivity index (χ3v) is 5.05. The van der Waals surface area contributed by atoms with Crippen molar-refractivity contribution in [2.45, 2.75) is 5.66 Å². The average Bonchev–Trinajstić information content (AvgIpc) is 3.04. The molecule has 0 unspecified atom stereocenters. The summed E-state index contributed by atoms with van der Waals surface area (Å²) >= 11 is 0. The Balaban J connectivity index is 1.89. The van der Waals surface area contributed by atoms with Crippen LogP contribution in [0.25, 0.3) is 0 Å². The van der Waals surface area contributed by atoms with Crippen LogP contribution in [0.5, 0.6) is 11.5 Å². The van der Waals surface area contributed by atoms with Gasteiger partial charge in [-0.1, -0.05) is 60.7 Å². The Morgan fingerprint density at radius 2 is 1.14 bits per heavy atom. The van der Waals surface area contributed by atoms with Gasteiger partial charge in [-0.15, -0.1) is 0 Å². The van der Waals surface area contributed by atoms with Crippen molar-refractivity contribution in [1.82, 2.24) is 0 Å². The Labute approximate surface area is 124 Å². The van der Waals surface area contributed by atoms with Crippen molar-refractivity contribution in [1.29, 1.82) is 0 Å². The summed E-state index contributed by atoms with van der Waals surface area (Å²) in [4.78, 5) is 0. The highest BCUT2D eigenvalue weighted by Crippen LogP contribution is 2.54. The van der Waals surface area contributed by atoms with Crippen molar-refractivity contribution in [2.75, 3.05) is 0 Å². The molecule has 106 valence electrons. The number of rotatable bonds is 5. The summed E-state index contributed by atoms with van der Waals surface area (Å²) in [6.07, 6.45) is 7.35. The quantitative estimate of drug-likeness (QED) is 0.741. The van der Waals surface area contributed by atoms with Crippen LogP contribution in [0.15, 0.2) is 85.0 Å². The Hall–Kier alpha value is -2.25. The third kappa shape index (κ3) is 3.26. The van der Waals surface area contributed by atoms with Crippen molar-refractivity contribution in [3.63, 3.8) is 0 Å². The predicted molar refractivity (Wildman–Crippen MR) is 83.8 cm³/mol. The van der Waals surface area contributed by atoms with E-state index in [1.807, 2.05) is 60.7 Å². The van der Waals surface area contributed by atoms with Crippen molar-refractivity contribution in [3.05, 3.63) is 85.0 Å². The molecule has 0 saturated carbocycles. The number of allylic oxidation sites excluding steroid dienone is 4. The minimum atomic E-state index is -3.38. The van der Waals surface area contributed by atoms with Crippen LogP contribution >= 0.6 is 7.60 Å². The highest BCUT2D eigenvalue weighted by atomic mass is 31.2. The van der Waals surface area contributed by atoms with Gasteiger partial charge in [0.25, 0.3) is 0 Å². The van der Waals surface area contributed by atoms with Crippen LogP contribution in [-0.2, 0) is 4.57 Å². The fourth-order valence-corrected chi connectivity index (χ4v) is 3.76. The van der Waals surface area contributed by atoms with Crippen LogP contribution < -0.4 is 9.05 Å². The largest absolute Gasteiger partial charge is 0.441 e. The third-order valence-electron chi connectivity index (χ3n) is 3.04. The highest BCUT2D eigenvalue weighted by molar-refractivity contribution is 7.56. The van der Waals surface area contributed by atoms with Crippen molar-refractivity contribution < 1.29 is 13.6 Å². The molecule has 0 atom stereocenters. The molecule has 3 rings (SSSR count). The molecule has 1 aliphatic rings. The smallest absolute Gasteiger partial charge is 0.415 e. The van der Waals surface area contributed by atoms with Gasteiger partial charge in [-0.3, -0.25) is 0 Å². The van der Waals surface area contributed by atoms with Gasteiger partial charge in [0.1, 0.15) is 17.2 Å². The fourth-order valence-electron chi connectivity index (χ4n) is 2.03. The summed E-state index contributed by atoms with van der Waals surface area (Å²) < 4.78 is 24.6. The Morgan fingerprint density at radius 1 is 0.714 bits per heavy atom. The van der Waals surface area contributed by atoms with E-state index in [4.69, 9.17) is 9.05 Å². The molecule has 3 nitrogen and oxygen atoms in total. The SMILES string of the molecule is O=P(Oc1ccccc1)(Oc1ccccc1)C1C=CC=C1. The Kier molecular flexibility index (Phi) is 3.94. The van der Waals surface area contributed by atoms with Gasteiger partial charge in [0.05, 0.1) is 0 Å². The van der Waals surface area contributed by atoms with E-state index in [0.717, 1.165) is 0 Å². The first-order valence-electron chi connectivity index (χ1n) is 6.70. The standard InChI is InChI=1S/C17H15O3P/c18-21(17-13-7-8-14-17,19-15-9-3-1-4-10-15)20-16-11-5-2-6-12-16/h1-14,17H. The summed E-state index contributed by atoms with van der Waals surface area (Å²) in [5.74, 6) is 1.07. The van der Waals surface area contributed by atoms with Crippen LogP contribution in [0.3, 0.4) is 0 Å². The van der Waals surface area contributed by atoms with Gasteiger partial charge in [-0.05, 0) is 24.3 Å².